The summed E-state index contributed by atoms with van der Waals surface area (Å²) in [7, 11) is 1.56. The lowest BCUT2D eigenvalue weighted by molar-refractivity contribution is -0.124. The third kappa shape index (κ3) is 5.70. The maximum Gasteiger partial charge on any atom is 0.239 e. The molecule has 0 bridgehead atoms. The van der Waals surface area contributed by atoms with Crippen LogP contribution in [0.3, 0.4) is 0 Å². The van der Waals surface area contributed by atoms with E-state index >= 15 is 0 Å². The monoisotopic (exact) mass is 264 g/mol. The molecule has 1 aliphatic rings. The smallest absolute Gasteiger partial charge is 0.239 e. The molecule has 1 saturated carbocycles. The third-order valence-corrected chi connectivity index (χ3v) is 3.39. The van der Waals surface area contributed by atoms with E-state index in [1.807, 2.05) is 0 Å². The van der Waals surface area contributed by atoms with Crippen molar-refractivity contribution in [1.29, 1.82) is 0 Å². The number of nitrogens with two attached hydrogens (primary N) is 1. The Kier molecular flexibility index (Phi) is 8.56. The van der Waals surface area contributed by atoms with Gasteiger partial charge in [0.2, 0.25) is 5.91 Å². The molecule has 3 unspecified atom stereocenters. The largest absolute Gasteiger partial charge is 0.383 e. The van der Waals surface area contributed by atoms with Crippen molar-refractivity contribution in [2.24, 2.45) is 11.7 Å². The second kappa shape index (κ2) is 8.72. The Labute approximate surface area is 110 Å². The molecule has 4 nitrogen and oxygen atoms in total. The molecule has 3 atom stereocenters. The van der Waals surface area contributed by atoms with Crippen LogP contribution in [0, 0.1) is 5.92 Å². The van der Waals surface area contributed by atoms with E-state index in [9.17, 15) is 4.79 Å². The van der Waals surface area contributed by atoms with E-state index in [1.54, 1.807) is 7.11 Å². The Morgan fingerprint density at radius 3 is 2.82 bits per heavy atom. The lowest BCUT2D eigenvalue weighted by Gasteiger charge is -2.29. The summed E-state index contributed by atoms with van der Waals surface area (Å²) in [6, 6.07) is -0.221. The molecule has 0 aromatic rings. The first kappa shape index (κ1) is 16.7. The van der Waals surface area contributed by atoms with Crippen molar-refractivity contribution in [2.75, 3.05) is 13.7 Å². The van der Waals surface area contributed by atoms with E-state index in [4.69, 9.17) is 10.5 Å². The van der Waals surface area contributed by atoms with Crippen molar-refractivity contribution in [3.63, 3.8) is 0 Å². The summed E-state index contributed by atoms with van der Waals surface area (Å²) in [5, 5.41) is 3.02. The highest BCUT2D eigenvalue weighted by atomic mass is 35.5. The maximum atomic E-state index is 11.7. The van der Waals surface area contributed by atoms with Gasteiger partial charge >= 0.3 is 0 Å². The number of hydrogen-bond acceptors (Lipinski definition) is 3. The number of hydrogen-bond donors (Lipinski definition) is 2. The fraction of sp³-hybridized carbons (Fsp3) is 0.917. The summed E-state index contributed by atoms with van der Waals surface area (Å²) in [6.07, 6.45) is 5.90. The van der Waals surface area contributed by atoms with Crippen molar-refractivity contribution >= 4 is 18.3 Å². The van der Waals surface area contributed by atoms with Crippen LogP contribution in [-0.4, -0.2) is 31.7 Å². The number of amides is 1. The first-order valence-electron chi connectivity index (χ1n) is 6.22. The van der Waals surface area contributed by atoms with Gasteiger partial charge in [0, 0.05) is 13.2 Å². The molecule has 5 heteroatoms. The average Bonchev–Trinajstić information content (AvgIpc) is 2.29. The van der Waals surface area contributed by atoms with Gasteiger partial charge in [0.15, 0.2) is 0 Å². The zero-order valence-electron chi connectivity index (χ0n) is 10.8. The molecular weight excluding hydrogens is 240 g/mol. The van der Waals surface area contributed by atoms with Gasteiger partial charge in [-0.15, -0.1) is 12.4 Å². The molecule has 0 radical (unpaired) electrons. The highest BCUT2D eigenvalue weighted by Crippen LogP contribution is 2.26. The number of rotatable bonds is 5. The molecule has 1 amide bonds. The third-order valence-electron chi connectivity index (χ3n) is 3.39. The molecule has 17 heavy (non-hydrogen) atoms. The van der Waals surface area contributed by atoms with Gasteiger partial charge in [-0.2, -0.15) is 0 Å². The van der Waals surface area contributed by atoms with Crippen LogP contribution in [0.1, 0.15) is 39.0 Å². The average molecular weight is 265 g/mol. The van der Waals surface area contributed by atoms with Crippen LogP contribution < -0.4 is 11.1 Å². The maximum absolute atomic E-state index is 11.7. The molecule has 1 rings (SSSR count). The molecule has 0 saturated heterocycles. The summed E-state index contributed by atoms with van der Waals surface area (Å²) >= 11 is 0. The van der Waals surface area contributed by atoms with E-state index in [1.165, 1.54) is 19.3 Å². The van der Waals surface area contributed by atoms with Gasteiger partial charge in [0.05, 0.1) is 6.61 Å². The SMILES string of the molecule is CCC1CCCC(NC(=O)C(N)COC)C1.Cl. The van der Waals surface area contributed by atoms with Gasteiger partial charge in [-0.25, -0.2) is 0 Å². The lowest BCUT2D eigenvalue weighted by Crippen LogP contribution is -2.48. The van der Waals surface area contributed by atoms with Gasteiger partial charge in [-0.05, 0) is 18.8 Å². The highest BCUT2D eigenvalue weighted by molar-refractivity contribution is 5.85. The van der Waals surface area contributed by atoms with Crippen LogP contribution in [0.5, 0.6) is 0 Å². The van der Waals surface area contributed by atoms with Gasteiger partial charge in [-0.1, -0.05) is 26.2 Å². The van der Waals surface area contributed by atoms with E-state index in [0.717, 1.165) is 18.8 Å². The van der Waals surface area contributed by atoms with E-state index in [-0.39, 0.29) is 24.9 Å². The first-order valence-corrected chi connectivity index (χ1v) is 6.22. The van der Waals surface area contributed by atoms with E-state index in [2.05, 4.69) is 12.2 Å². The van der Waals surface area contributed by atoms with Crippen LogP contribution in [0.25, 0.3) is 0 Å². The minimum absolute atomic E-state index is 0. The van der Waals surface area contributed by atoms with Crippen molar-refractivity contribution in [3.8, 4) is 0 Å². The Morgan fingerprint density at radius 2 is 2.24 bits per heavy atom. The number of methoxy groups -OCH3 is 1. The molecule has 102 valence electrons. The predicted octanol–water partition coefficient (Wildman–Crippen LogP) is 1.47. The van der Waals surface area contributed by atoms with Gasteiger partial charge in [0.1, 0.15) is 6.04 Å². The first-order chi connectivity index (χ1) is 7.67. The van der Waals surface area contributed by atoms with Crippen LogP contribution in [-0.2, 0) is 9.53 Å². The number of carbonyl (C=O) groups is 1. The van der Waals surface area contributed by atoms with Gasteiger partial charge in [0.25, 0.3) is 0 Å². The zero-order valence-corrected chi connectivity index (χ0v) is 11.6. The predicted molar refractivity (Wildman–Crippen MR) is 71.3 cm³/mol. The Morgan fingerprint density at radius 1 is 1.53 bits per heavy atom. The Bertz CT molecular complexity index is 227. The number of ether oxygens (including phenoxy) is 1. The van der Waals surface area contributed by atoms with Crippen LogP contribution in [0.2, 0.25) is 0 Å². The molecule has 0 aromatic carbocycles. The second-order valence-corrected chi connectivity index (χ2v) is 4.71. The Balaban J connectivity index is 0.00000256. The van der Waals surface area contributed by atoms with Crippen molar-refractivity contribution < 1.29 is 9.53 Å². The van der Waals surface area contributed by atoms with Crippen molar-refractivity contribution in [3.05, 3.63) is 0 Å². The fourth-order valence-corrected chi connectivity index (χ4v) is 2.36. The quantitative estimate of drug-likeness (QED) is 0.790. The van der Waals surface area contributed by atoms with E-state index < -0.39 is 6.04 Å². The normalized spacial score (nSPS) is 25.8. The highest BCUT2D eigenvalue weighted by Gasteiger charge is 2.23. The standard InChI is InChI=1S/C12H24N2O2.ClH/c1-3-9-5-4-6-10(7-9)14-12(15)11(13)8-16-2;/h9-11H,3-8,13H2,1-2H3,(H,14,15);1H. The van der Waals surface area contributed by atoms with E-state index in [0.29, 0.717) is 6.04 Å². The number of carbonyl (C=O) groups excluding carboxylic acids is 1. The van der Waals surface area contributed by atoms with Crippen molar-refractivity contribution in [1.82, 2.24) is 5.32 Å². The minimum Gasteiger partial charge on any atom is -0.383 e. The van der Waals surface area contributed by atoms with Gasteiger partial charge < -0.3 is 15.8 Å². The topological polar surface area (TPSA) is 64.4 Å². The fourth-order valence-electron chi connectivity index (χ4n) is 2.36. The molecule has 1 fully saturated rings. The summed E-state index contributed by atoms with van der Waals surface area (Å²) in [5.41, 5.74) is 5.68. The molecule has 0 spiro atoms. The molecule has 1 aliphatic carbocycles. The summed E-state index contributed by atoms with van der Waals surface area (Å²) in [4.78, 5) is 11.7. The summed E-state index contributed by atoms with van der Waals surface area (Å²) in [6.45, 7) is 2.50. The zero-order chi connectivity index (χ0) is 12.0. The summed E-state index contributed by atoms with van der Waals surface area (Å²) in [5.74, 6) is 0.682. The molecule has 0 heterocycles. The summed E-state index contributed by atoms with van der Waals surface area (Å²) < 4.78 is 4.87. The Hall–Kier alpha value is -0.320. The number of halogens is 1. The van der Waals surface area contributed by atoms with Gasteiger partial charge in [-0.3, -0.25) is 4.79 Å². The molecule has 0 aliphatic heterocycles. The number of nitrogens with one attached hydrogen (secondary N) is 1. The van der Waals surface area contributed by atoms with Crippen LogP contribution in [0.15, 0.2) is 0 Å². The molecule has 0 aromatic heterocycles. The molecular formula is C12H25ClN2O2. The van der Waals surface area contributed by atoms with Crippen LogP contribution >= 0.6 is 12.4 Å². The lowest BCUT2D eigenvalue weighted by atomic mass is 9.84. The molecule has 3 N–H and O–H groups in total. The minimum atomic E-state index is -0.535. The van der Waals surface area contributed by atoms with Crippen LogP contribution in [0.4, 0.5) is 0 Å². The second-order valence-electron chi connectivity index (χ2n) is 4.71. The van der Waals surface area contributed by atoms with Crippen molar-refractivity contribution in [2.45, 2.75) is 51.1 Å².